The maximum Gasteiger partial charge on any atom is 0.159 e. The fourth-order valence-electron chi connectivity index (χ4n) is 1.57. The van der Waals surface area contributed by atoms with Gasteiger partial charge in [0.05, 0.1) is 0 Å². The number of carbonyl (C=O) groups excluding carboxylic acids is 1. The molecule has 0 aliphatic carbocycles. The van der Waals surface area contributed by atoms with Crippen molar-refractivity contribution in [2.24, 2.45) is 0 Å². The van der Waals surface area contributed by atoms with Gasteiger partial charge in [-0.15, -0.1) is 0 Å². The number of nitrogen functional groups attached to an aromatic ring is 1. The first-order chi connectivity index (χ1) is 8.15. The van der Waals surface area contributed by atoms with Crippen molar-refractivity contribution in [2.75, 3.05) is 11.1 Å². The van der Waals surface area contributed by atoms with Gasteiger partial charge in [-0.25, -0.2) is 0 Å². The molecule has 2 aromatic rings. The van der Waals surface area contributed by atoms with Crippen molar-refractivity contribution in [3.8, 4) is 0 Å². The molecule has 0 saturated heterocycles. The molecule has 2 aromatic carbocycles. The van der Waals surface area contributed by atoms with Crippen molar-refractivity contribution in [1.82, 2.24) is 0 Å². The number of anilines is 3. The second-order valence-corrected chi connectivity index (χ2v) is 3.88. The van der Waals surface area contributed by atoms with Crippen molar-refractivity contribution in [3.05, 3.63) is 54.1 Å². The summed E-state index contributed by atoms with van der Waals surface area (Å²) in [4.78, 5) is 11.1. The second kappa shape index (κ2) is 4.70. The van der Waals surface area contributed by atoms with Crippen LogP contribution in [0.5, 0.6) is 0 Å². The minimum absolute atomic E-state index is 0.0699. The van der Waals surface area contributed by atoms with Crippen molar-refractivity contribution >= 4 is 22.8 Å². The van der Waals surface area contributed by atoms with Crippen LogP contribution in [0.4, 0.5) is 17.1 Å². The summed E-state index contributed by atoms with van der Waals surface area (Å²) in [5.74, 6) is 0.0699. The number of carbonyl (C=O) groups is 1. The minimum atomic E-state index is 0.0699. The summed E-state index contributed by atoms with van der Waals surface area (Å²) in [5.41, 5.74) is 8.98. The Hall–Kier alpha value is -2.29. The first-order valence-electron chi connectivity index (χ1n) is 5.39. The van der Waals surface area contributed by atoms with E-state index in [0.29, 0.717) is 5.56 Å². The van der Waals surface area contributed by atoms with E-state index in [4.69, 9.17) is 5.73 Å². The van der Waals surface area contributed by atoms with Crippen molar-refractivity contribution in [1.29, 1.82) is 0 Å². The highest BCUT2D eigenvalue weighted by atomic mass is 16.1. The van der Waals surface area contributed by atoms with Crippen LogP contribution in [0, 0.1) is 0 Å². The summed E-state index contributed by atoms with van der Waals surface area (Å²) in [6, 6.07) is 14.9. The quantitative estimate of drug-likeness (QED) is 0.624. The summed E-state index contributed by atoms with van der Waals surface area (Å²) in [6.07, 6.45) is 0. The van der Waals surface area contributed by atoms with E-state index in [-0.39, 0.29) is 5.78 Å². The van der Waals surface area contributed by atoms with E-state index in [2.05, 4.69) is 5.32 Å². The molecule has 0 fully saturated rings. The summed E-state index contributed by atoms with van der Waals surface area (Å²) < 4.78 is 0. The molecule has 0 bridgehead atoms. The Balaban J connectivity index is 2.16. The minimum Gasteiger partial charge on any atom is -0.399 e. The molecule has 0 aromatic heterocycles. The zero-order valence-corrected chi connectivity index (χ0v) is 9.60. The van der Waals surface area contributed by atoms with Crippen LogP contribution in [-0.4, -0.2) is 5.78 Å². The summed E-state index contributed by atoms with van der Waals surface area (Å²) >= 11 is 0. The third-order valence-corrected chi connectivity index (χ3v) is 2.47. The maximum atomic E-state index is 11.1. The molecular formula is C14H14N2O. The number of benzene rings is 2. The van der Waals surface area contributed by atoms with Crippen LogP contribution in [-0.2, 0) is 0 Å². The van der Waals surface area contributed by atoms with Gasteiger partial charge in [0, 0.05) is 22.6 Å². The second-order valence-electron chi connectivity index (χ2n) is 3.88. The monoisotopic (exact) mass is 226 g/mol. The van der Waals surface area contributed by atoms with Crippen molar-refractivity contribution in [2.45, 2.75) is 6.92 Å². The Morgan fingerprint density at radius 1 is 1.06 bits per heavy atom. The third-order valence-electron chi connectivity index (χ3n) is 2.47. The number of ketones is 1. The standard InChI is InChI=1S/C14H14N2O/c1-10(17)11-5-7-13(8-6-11)16-14-4-2-3-12(15)9-14/h2-9,16H,15H2,1H3. The number of Topliss-reactive ketones (excluding diaryl/α,β-unsaturated/α-hetero) is 1. The molecule has 2 rings (SSSR count). The Kier molecular flexibility index (Phi) is 3.10. The molecule has 0 amide bonds. The predicted molar refractivity (Wildman–Crippen MR) is 70.6 cm³/mol. The summed E-state index contributed by atoms with van der Waals surface area (Å²) in [6.45, 7) is 1.56. The Morgan fingerprint density at radius 3 is 2.35 bits per heavy atom. The highest BCUT2D eigenvalue weighted by Gasteiger charge is 1.99. The van der Waals surface area contributed by atoms with E-state index in [1.807, 2.05) is 36.4 Å². The maximum absolute atomic E-state index is 11.1. The van der Waals surface area contributed by atoms with Gasteiger partial charge >= 0.3 is 0 Å². The highest BCUT2D eigenvalue weighted by molar-refractivity contribution is 5.94. The van der Waals surface area contributed by atoms with Crippen LogP contribution in [0.1, 0.15) is 17.3 Å². The predicted octanol–water partition coefficient (Wildman–Crippen LogP) is 3.22. The van der Waals surface area contributed by atoms with Gasteiger partial charge in [0.25, 0.3) is 0 Å². The van der Waals surface area contributed by atoms with Gasteiger partial charge in [0.2, 0.25) is 0 Å². The highest BCUT2D eigenvalue weighted by Crippen LogP contribution is 2.19. The molecule has 0 unspecified atom stereocenters. The van der Waals surface area contributed by atoms with Gasteiger partial charge in [0.15, 0.2) is 5.78 Å². The molecule has 3 N–H and O–H groups in total. The van der Waals surface area contributed by atoms with E-state index >= 15 is 0 Å². The van der Waals surface area contributed by atoms with Crippen molar-refractivity contribution < 1.29 is 4.79 Å². The largest absolute Gasteiger partial charge is 0.399 e. The SMILES string of the molecule is CC(=O)c1ccc(Nc2cccc(N)c2)cc1. The molecule has 3 heteroatoms. The van der Waals surface area contributed by atoms with Crippen LogP contribution >= 0.6 is 0 Å². The molecule has 86 valence electrons. The molecule has 0 spiro atoms. The topological polar surface area (TPSA) is 55.1 Å². The van der Waals surface area contributed by atoms with E-state index < -0.39 is 0 Å². The Labute approximate surface area is 100 Å². The molecule has 0 heterocycles. The van der Waals surface area contributed by atoms with Crippen LogP contribution < -0.4 is 11.1 Å². The van der Waals surface area contributed by atoms with Gasteiger partial charge in [-0.05, 0) is 49.4 Å². The first-order valence-corrected chi connectivity index (χ1v) is 5.39. The number of nitrogens with one attached hydrogen (secondary N) is 1. The molecule has 17 heavy (non-hydrogen) atoms. The van der Waals surface area contributed by atoms with Gasteiger partial charge in [-0.3, -0.25) is 4.79 Å². The molecule has 0 saturated carbocycles. The summed E-state index contributed by atoms with van der Waals surface area (Å²) in [7, 11) is 0. The van der Waals surface area contributed by atoms with E-state index in [0.717, 1.165) is 17.1 Å². The van der Waals surface area contributed by atoms with Gasteiger partial charge in [-0.2, -0.15) is 0 Å². The first kappa shape index (κ1) is 11.2. The lowest BCUT2D eigenvalue weighted by Gasteiger charge is -2.07. The van der Waals surface area contributed by atoms with E-state index in [1.165, 1.54) is 0 Å². The molecular weight excluding hydrogens is 212 g/mol. The zero-order valence-electron chi connectivity index (χ0n) is 9.60. The number of rotatable bonds is 3. The van der Waals surface area contributed by atoms with Crippen LogP contribution in [0.2, 0.25) is 0 Å². The van der Waals surface area contributed by atoms with Crippen LogP contribution in [0.15, 0.2) is 48.5 Å². The van der Waals surface area contributed by atoms with Crippen molar-refractivity contribution in [3.63, 3.8) is 0 Å². The molecule has 0 aliphatic heterocycles. The molecule has 0 aliphatic rings. The Bertz CT molecular complexity index is 532. The number of nitrogens with two attached hydrogens (primary N) is 1. The lowest BCUT2D eigenvalue weighted by Crippen LogP contribution is -1.94. The van der Waals surface area contributed by atoms with E-state index in [1.54, 1.807) is 19.1 Å². The normalized spacial score (nSPS) is 9.94. The van der Waals surface area contributed by atoms with Crippen LogP contribution in [0.3, 0.4) is 0 Å². The third kappa shape index (κ3) is 2.84. The smallest absolute Gasteiger partial charge is 0.159 e. The van der Waals surface area contributed by atoms with Gasteiger partial charge < -0.3 is 11.1 Å². The number of hydrogen-bond donors (Lipinski definition) is 2. The Morgan fingerprint density at radius 2 is 1.76 bits per heavy atom. The van der Waals surface area contributed by atoms with E-state index in [9.17, 15) is 4.79 Å². The number of hydrogen-bond acceptors (Lipinski definition) is 3. The van der Waals surface area contributed by atoms with Crippen LogP contribution in [0.25, 0.3) is 0 Å². The lowest BCUT2D eigenvalue weighted by molar-refractivity contribution is 0.101. The van der Waals surface area contributed by atoms with Gasteiger partial charge in [-0.1, -0.05) is 6.07 Å². The molecule has 3 nitrogen and oxygen atoms in total. The fourth-order valence-corrected chi connectivity index (χ4v) is 1.57. The van der Waals surface area contributed by atoms with Gasteiger partial charge in [0.1, 0.15) is 0 Å². The molecule has 0 atom stereocenters. The average Bonchev–Trinajstić information content (AvgIpc) is 2.29. The summed E-state index contributed by atoms with van der Waals surface area (Å²) in [5, 5.41) is 3.22. The lowest BCUT2D eigenvalue weighted by atomic mass is 10.1. The molecule has 0 radical (unpaired) electrons. The zero-order chi connectivity index (χ0) is 12.3. The fraction of sp³-hybridized carbons (Fsp3) is 0.0714. The average molecular weight is 226 g/mol.